The fourth-order valence-electron chi connectivity index (χ4n) is 1.12. The topological polar surface area (TPSA) is 3.01 Å². The van der Waals surface area contributed by atoms with Gasteiger partial charge in [0.25, 0.3) is 0 Å². The smallest absolute Gasteiger partial charge is 0.179 e. The minimum absolute atomic E-state index is 0. The van der Waals surface area contributed by atoms with Gasteiger partial charge in [-0.25, -0.2) is 4.58 Å². The fraction of sp³-hybridized carbons (Fsp3) is 0.625. The minimum atomic E-state index is 0. The second-order valence-electron chi connectivity index (χ2n) is 3.34. The predicted octanol–water partition coefficient (Wildman–Crippen LogP) is -1.35. The van der Waals surface area contributed by atoms with Gasteiger partial charge in [-0.05, 0) is 20.4 Å². The van der Waals surface area contributed by atoms with Gasteiger partial charge in [0.05, 0.1) is 5.41 Å². The van der Waals surface area contributed by atoms with Crippen LogP contribution in [0.2, 0.25) is 0 Å². The minimum Gasteiger partial charge on any atom is -1.00 e. The SMILES string of the molecule is C=C1[N+](=C)CCC1(C)C.[Cl-]. The number of halogens is 1. The van der Waals surface area contributed by atoms with Crippen molar-refractivity contribution >= 4 is 6.72 Å². The predicted molar refractivity (Wildman–Crippen MR) is 39.8 cm³/mol. The van der Waals surface area contributed by atoms with Gasteiger partial charge in [-0.2, -0.15) is 0 Å². The largest absolute Gasteiger partial charge is 1.00 e. The molecule has 0 aliphatic carbocycles. The van der Waals surface area contributed by atoms with Gasteiger partial charge in [-0.15, -0.1) is 0 Å². The summed E-state index contributed by atoms with van der Waals surface area (Å²) in [5.74, 6) is 0. The Bertz CT molecular complexity index is 170. The third kappa shape index (κ3) is 1.40. The van der Waals surface area contributed by atoms with Gasteiger partial charge in [0, 0.05) is 6.42 Å². The van der Waals surface area contributed by atoms with E-state index in [2.05, 4.69) is 27.1 Å². The Kier molecular flexibility index (Phi) is 2.67. The molecule has 58 valence electrons. The lowest BCUT2D eigenvalue weighted by Crippen LogP contribution is -3.00. The Balaban J connectivity index is 0.000000810. The average molecular weight is 160 g/mol. The van der Waals surface area contributed by atoms with Crippen LogP contribution in [0, 0.1) is 5.41 Å². The zero-order chi connectivity index (χ0) is 7.07. The number of hydrogen-bond acceptors (Lipinski definition) is 0. The Morgan fingerprint density at radius 1 is 1.50 bits per heavy atom. The first-order valence-electron chi connectivity index (χ1n) is 3.31. The van der Waals surface area contributed by atoms with Gasteiger partial charge >= 0.3 is 0 Å². The van der Waals surface area contributed by atoms with Crippen molar-refractivity contribution < 1.29 is 17.0 Å². The van der Waals surface area contributed by atoms with E-state index in [0.29, 0.717) is 5.41 Å². The van der Waals surface area contributed by atoms with E-state index in [1.165, 1.54) is 12.1 Å². The van der Waals surface area contributed by atoms with Gasteiger partial charge in [0.1, 0.15) is 13.3 Å². The van der Waals surface area contributed by atoms with E-state index in [4.69, 9.17) is 0 Å². The second-order valence-corrected chi connectivity index (χ2v) is 3.34. The van der Waals surface area contributed by atoms with Crippen molar-refractivity contribution in [3.05, 3.63) is 12.3 Å². The van der Waals surface area contributed by atoms with E-state index in [9.17, 15) is 0 Å². The third-order valence-corrected chi connectivity index (χ3v) is 2.17. The molecule has 2 heteroatoms. The molecule has 0 saturated carbocycles. The molecule has 0 radical (unpaired) electrons. The van der Waals surface area contributed by atoms with Crippen LogP contribution in [0.5, 0.6) is 0 Å². The molecular formula is C8H14ClN. The molecule has 1 nitrogen and oxygen atoms in total. The molecule has 1 fully saturated rings. The van der Waals surface area contributed by atoms with Crippen LogP contribution in [0.1, 0.15) is 20.3 Å². The highest BCUT2D eigenvalue weighted by atomic mass is 35.5. The van der Waals surface area contributed by atoms with E-state index in [0.717, 1.165) is 6.54 Å². The third-order valence-electron chi connectivity index (χ3n) is 2.17. The molecular weight excluding hydrogens is 146 g/mol. The van der Waals surface area contributed by atoms with Crippen LogP contribution in [-0.4, -0.2) is 17.8 Å². The van der Waals surface area contributed by atoms with Crippen LogP contribution < -0.4 is 12.4 Å². The quantitative estimate of drug-likeness (QED) is 0.385. The highest BCUT2D eigenvalue weighted by Gasteiger charge is 2.36. The van der Waals surface area contributed by atoms with E-state index in [1.807, 2.05) is 4.58 Å². The molecule has 0 aromatic carbocycles. The van der Waals surface area contributed by atoms with Crippen molar-refractivity contribution in [2.75, 3.05) is 6.54 Å². The van der Waals surface area contributed by atoms with Gasteiger partial charge in [0.15, 0.2) is 5.70 Å². The maximum Gasteiger partial charge on any atom is 0.179 e. The van der Waals surface area contributed by atoms with Gasteiger partial charge in [-0.3, -0.25) is 0 Å². The molecule has 1 aliphatic heterocycles. The lowest BCUT2D eigenvalue weighted by atomic mass is 9.90. The molecule has 0 amide bonds. The summed E-state index contributed by atoms with van der Waals surface area (Å²) in [5.41, 5.74) is 1.46. The molecule has 0 aromatic rings. The first-order chi connectivity index (χ1) is 4.04. The summed E-state index contributed by atoms with van der Waals surface area (Å²) < 4.78 is 1.99. The van der Waals surface area contributed by atoms with Crippen molar-refractivity contribution in [1.82, 2.24) is 0 Å². The lowest BCUT2D eigenvalue weighted by molar-refractivity contribution is -0.453. The maximum atomic E-state index is 3.95. The normalized spacial score (nSPS) is 22.6. The van der Waals surface area contributed by atoms with Gasteiger partial charge in [-0.1, -0.05) is 0 Å². The molecule has 1 aliphatic rings. The fourth-order valence-corrected chi connectivity index (χ4v) is 1.12. The number of rotatable bonds is 0. The lowest BCUT2D eigenvalue weighted by Gasteiger charge is -2.09. The zero-order valence-corrected chi connectivity index (χ0v) is 7.41. The number of hydrogen-bond donors (Lipinski definition) is 0. The van der Waals surface area contributed by atoms with E-state index >= 15 is 0 Å². The van der Waals surface area contributed by atoms with Crippen LogP contribution in [0.3, 0.4) is 0 Å². The maximum absolute atomic E-state index is 3.95. The van der Waals surface area contributed by atoms with Crippen molar-refractivity contribution in [3.8, 4) is 0 Å². The summed E-state index contributed by atoms with van der Waals surface area (Å²) in [4.78, 5) is 0. The molecule has 1 saturated heterocycles. The first kappa shape index (κ1) is 9.70. The summed E-state index contributed by atoms with van der Waals surface area (Å²) in [6.07, 6.45) is 1.19. The van der Waals surface area contributed by atoms with Gasteiger partial charge in [0.2, 0.25) is 0 Å². The standard InChI is InChI=1S/C8H14N.ClH/c1-7-8(2,3)5-6-9(7)4;/h1,4-6H2,2-3H3;1H/q+1;/p-1. The monoisotopic (exact) mass is 159 g/mol. The summed E-state index contributed by atoms with van der Waals surface area (Å²) in [7, 11) is 0. The Morgan fingerprint density at radius 2 is 2.00 bits per heavy atom. The van der Waals surface area contributed by atoms with Crippen LogP contribution >= 0.6 is 0 Å². The van der Waals surface area contributed by atoms with E-state index in [1.54, 1.807) is 0 Å². The highest BCUT2D eigenvalue weighted by molar-refractivity contribution is 5.19. The molecule has 0 atom stereocenters. The van der Waals surface area contributed by atoms with Crippen molar-refractivity contribution in [2.45, 2.75) is 20.3 Å². The second kappa shape index (κ2) is 2.75. The van der Waals surface area contributed by atoms with Crippen LogP contribution in [-0.2, 0) is 0 Å². The van der Waals surface area contributed by atoms with Gasteiger partial charge < -0.3 is 12.4 Å². The Labute approximate surface area is 68.9 Å². The average Bonchev–Trinajstić information content (AvgIpc) is 1.97. The number of nitrogens with zero attached hydrogens (tertiary/aromatic N) is 1. The summed E-state index contributed by atoms with van der Waals surface area (Å²) in [6.45, 7) is 13.3. The number of allylic oxidation sites excluding steroid dienone is 1. The van der Waals surface area contributed by atoms with Crippen LogP contribution in [0.4, 0.5) is 0 Å². The molecule has 0 bridgehead atoms. The van der Waals surface area contributed by atoms with E-state index in [-0.39, 0.29) is 12.4 Å². The molecule has 10 heavy (non-hydrogen) atoms. The Hall–Kier alpha value is -0.300. The highest BCUT2D eigenvalue weighted by Crippen LogP contribution is 2.34. The van der Waals surface area contributed by atoms with Crippen LogP contribution in [0.25, 0.3) is 0 Å². The van der Waals surface area contributed by atoms with E-state index < -0.39 is 0 Å². The summed E-state index contributed by atoms with van der Waals surface area (Å²) >= 11 is 0. The molecule has 1 rings (SSSR count). The van der Waals surface area contributed by atoms with Crippen LogP contribution in [0.15, 0.2) is 12.3 Å². The zero-order valence-electron chi connectivity index (χ0n) is 6.65. The molecule has 0 N–H and O–H groups in total. The van der Waals surface area contributed by atoms with Crippen molar-refractivity contribution in [1.29, 1.82) is 0 Å². The molecule has 0 aromatic heterocycles. The van der Waals surface area contributed by atoms with Crippen molar-refractivity contribution in [3.63, 3.8) is 0 Å². The molecule has 0 spiro atoms. The van der Waals surface area contributed by atoms with Crippen molar-refractivity contribution in [2.24, 2.45) is 5.41 Å². The molecule has 0 unspecified atom stereocenters. The summed E-state index contributed by atoms with van der Waals surface area (Å²) in [6, 6.07) is 0. The molecule has 1 heterocycles. The summed E-state index contributed by atoms with van der Waals surface area (Å²) in [5, 5.41) is 0. The Morgan fingerprint density at radius 3 is 2.10 bits per heavy atom. The first-order valence-corrected chi connectivity index (χ1v) is 3.31.